The summed E-state index contributed by atoms with van der Waals surface area (Å²) in [5.41, 5.74) is 1.64. The lowest BCUT2D eigenvalue weighted by Crippen LogP contribution is -2.46. The van der Waals surface area contributed by atoms with E-state index in [0.717, 1.165) is 44.0 Å². The minimum atomic E-state index is -0.0917. The first-order valence-electron chi connectivity index (χ1n) is 9.62. The zero-order valence-electron chi connectivity index (χ0n) is 17.0. The average Bonchev–Trinajstić information content (AvgIpc) is 2.71. The Kier molecular flexibility index (Phi) is 10.9. The third-order valence-electron chi connectivity index (χ3n) is 4.83. The molecule has 1 aliphatic heterocycles. The van der Waals surface area contributed by atoms with Crippen molar-refractivity contribution >= 4 is 41.8 Å². The normalized spacial score (nSPS) is 14.8. The number of rotatable bonds is 6. The molecule has 0 bridgehead atoms. The van der Waals surface area contributed by atoms with E-state index in [0.29, 0.717) is 24.4 Å². The van der Waals surface area contributed by atoms with Crippen molar-refractivity contribution < 1.29 is 9.59 Å². The molecule has 1 aliphatic rings. The van der Waals surface area contributed by atoms with Crippen molar-refractivity contribution in [2.75, 3.05) is 33.7 Å². The SMILES string of the molecule is CCNC(=NCc1cccc(C(=O)NC)c1)N1CCC(CC(=O)NC)CC1.I. The van der Waals surface area contributed by atoms with Gasteiger partial charge in [-0.05, 0) is 43.4 Å². The highest BCUT2D eigenvalue weighted by Gasteiger charge is 2.23. The van der Waals surface area contributed by atoms with Gasteiger partial charge in [0.05, 0.1) is 6.54 Å². The highest BCUT2D eigenvalue weighted by molar-refractivity contribution is 14.0. The first-order valence-corrected chi connectivity index (χ1v) is 9.62. The monoisotopic (exact) mass is 501 g/mol. The van der Waals surface area contributed by atoms with Crippen molar-refractivity contribution in [3.63, 3.8) is 0 Å². The van der Waals surface area contributed by atoms with Crippen LogP contribution in [-0.2, 0) is 11.3 Å². The van der Waals surface area contributed by atoms with E-state index >= 15 is 0 Å². The number of halogens is 1. The fourth-order valence-electron chi connectivity index (χ4n) is 3.26. The molecule has 8 heteroatoms. The smallest absolute Gasteiger partial charge is 0.251 e. The highest BCUT2D eigenvalue weighted by Crippen LogP contribution is 2.20. The molecule has 156 valence electrons. The van der Waals surface area contributed by atoms with E-state index in [-0.39, 0.29) is 35.8 Å². The molecule has 2 amide bonds. The van der Waals surface area contributed by atoms with Gasteiger partial charge < -0.3 is 20.9 Å². The van der Waals surface area contributed by atoms with Crippen molar-refractivity contribution in [1.82, 2.24) is 20.9 Å². The van der Waals surface area contributed by atoms with Crippen molar-refractivity contribution in [3.05, 3.63) is 35.4 Å². The number of nitrogens with one attached hydrogen (secondary N) is 3. The number of benzene rings is 1. The van der Waals surface area contributed by atoms with Gasteiger partial charge >= 0.3 is 0 Å². The zero-order valence-corrected chi connectivity index (χ0v) is 19.3. The van der Waals surface area contributed by atoms with Crippen molar-refractivity contribution in [2.24, 2.45) is 10.9 Å². The maximum absolute atomic E-state index is 11.8. The molecule has 0 unspecified atom stereocenters. The lowest BCUT2D eigenvalue weighted by molar-refractivity contribution is -0.121. The fraction of sp³-hybridized carbons (Fsp3) is 0.550. The molecule has 0 radical (unpaired) electrons. The van der Waals surface area contributed by atoms with Crippen LogP contribution in [0.25, 0.3) is 0 Å². The number of likely N-dealkylation sites (tertiary alicyclic amines) is 1. The third-order valence-corrected chi connectivity index (χ3v) is 4.83. The Morgan fingerprint density at radius 1 is 1.18 bits per heavy atom. The maximum atomic E-state index is 11.8. The average molecular weight is 501 g/mol. The molecule has 0 saturated carbocycles. The Hall–Kier alpha value is -1.84. The van der Waals surface area contributed by atoms with E-state index < -0.39 is 0 Å². The van der Waals surface area contributed by atoms with Gasteiger partial charge in [-0.1, -0.05) is 12.1 Å². The summed E-state index contributed by atoms with van der Waals surface area (Å²) in [6.45, 7) is 5.16. The summed E-state index contributed by atoms with van der Waals surface area (Å²) in [4.78, 5) is 30.4. The summed E-state index contributed by atoms with van der Waals surface area (Å²) in [6.07, 6.45) is 2.58. The molecule has 2 rings (SSSR count). The minimum Gasteiger partial charge on any atom is -0.359 e. The molecule has 1 aromatic carbocycles. The second-order valence-electron chi connectivity index (χ2n) is 6.76. The zero-order chi connectivity index (χ0) is 19.6. The Labute approximate surface area is 184 Å². The van der Waals surface area contributed by atoms with Gasteiger partial charge in [0.15, 0.2) is 5.96 Å². The van der Waals surface area contributed by atoms with Crippen LogP contribution in [0.4, 0.5) is 0 Å². The van der Waals surface area contributed by atoms with Crippen LogP contribution in [0.5, 0.6) is 0 Å². The van der Waals surface area contributed by atoms with Crippen LogP contribution in [0.2, 0.25) is 0 Å². The number of piperidine rings is 1. The number of hydrogen-bond acceptors (Lipinski definition) is 3. The van der Waals surface area contributed by atoms with Crippen LogP contribution in [0.1, 0.15) is 42.1 Å². The van der Waals surface area contributed by atoms with Gasteiger partial charge in [0.1, 0.15) is 0 Å². The topological polar surface area (TPSA) is 85.8 Å². The molecule has 0 aliphatic carbocycles. The molecule has 1 fully saturated rings. The molecule has 7 nitrogen and oxygen atoms in total. The standard InChI is InChI=1S/C20H31N5O2.HI/c1-4-23-20(25-10-8-15(9-11-25)13-18(26)21-2)24-14-16-6-5-7-17(12-16)19(27)22-3;/h5-7,12,15H,4,8-11,13-14H2,1-3H3,(H,21,26)(H,22,27)(H,23,24);1H. The van der Waals surface area contributed by atoms with Gasteiger partial charge in [-0.3, -0.25) is 9.59 Å². The van der Waals surface area contributed by atoms with Crippen LogP contribution in [-0.4, -0.2) is 56.4 Å². The van der Waals surface area contributed by atoms with Crippen LogP contribution in [0, 0.1) is 5.92 Å². The van der Waals surface area contributed by atoms with Gasteiger partial charge in [0.2, 0.25) is 5.91 Å². The fourth-order valence-corrected chi connectivity index (χ4v) is 3.26. The summed E-state index contributed by atoms with van der Waals surface area (Å²) >= 11 is 0. The first kappa shape index (κ1) is 24.2. The Morgan fingerprint density at radius 2 is 1.89 bits per heavy atom. The van der Waals surface area contributed by atoms with E-state index in [2.05, 4.69) is 27.8 Å². The number of carbonyl (C=O) groups is 2. The second kappa shape index (κ2) is 12.6. The molecular formula is C20H32IN5O2. The van der Waals surface area contributed by atoms with Crippen molar-refractivity contribution in [2.45, 2.75) is 32.7 Å². The predicted octanol–water partition coefficient (Wildman–Crippen LogP) is 1.98. The third kappa shape index (κ3) is 7.29. The summed E-state index contributed by atoms with van der Waals surface area (Å²) in [5.74, 6) is 1.35. The molecule has 1 saturated heterocycles. The number of hydrogen-bond donors (Lipinski definition) is 3. The van der Waals surface area contributed by atoms with Crippen LogP contribution < -0.4 is 16.0 Å². The van der Waals surface area contributed by atoms with Gasteiger partial charge in [0, 0.05) is 45.7 Å². The summed E-state index contributed by atoms with van der Waals surface area (Å²) in [7, 11) is 3.32. The molecule has 0 spiro atoms. The summed E-state index contributed by atoms with van der Waals surface area (Å²) < 4.78 is 0. The Balaban J connectivity index is 0.00000392. The molecule has 1 heterocycles. The van der Waals surface area contributed by atoms with E-state index in [1.165, 1.54) is 0 Å². The highest BCUT2D eigenvalue weighted by atomic mass is 127. The van der Waals surface area contributed by atoms with E-state index in [1.807, 2.05) is 18.2 Å². The van der Waals surface area contributed by atoms with Gasteiger partial charge in [-0.25, -0.2) is 4.99 Å². The number of amides is 2. The largest absolute Gasteiger partial charge is 0.359 e. The van der Waals surface area contributed by atoms with Crippen molar-refractivity contribution in [1.29, 1.82) is 0 Å². The second-order valence-corrected chi connectivity index (χ2v) is 6.76. The van der Waals surface area contributed by atoms with E-state index in [4.69, 9.17) is 4.99 Å². The van der Waals surface area contributed by atoms with Crippen LogP contribution in [0.3, 0.4) is 0 Å². The first-order chi connectivity index (χ1) is 13.1. The summed E-state index contributed by atoms with van der Waals surface area (Å²) in [6, 6.07) is 7.54. The number of carbonyl (C=O) groups excluding carboxylic acids is 2. The van der Waals surface area contributed by atoms with Crippen LogP contribution >= 0.6 is 24.0 Å². The van der Waals surface area contributed by atoms with Gasteiger partial charge in [0.25, 0.3) is 5.91 Å². The molecule has 0 atom stereocenters. The van der Waals surface area contributed by atoms with E-state index in [9.17, 15) is 9.59 Å². The number of guanidine groups is 1. The molecule has 3 N–H and O–H groups in total. The number of aliphatic imine (C=N–C) groups is 1. The number of nitrogens with zero attached hydrogens (tertiary/aromatic N) is 2. The molecule has 28 heavy (non-hydrogen) atoms. The molecular weight excluding hydrogens is 469 g/mol. The van der Waals surface area contributed by atoms with Crippen LogP contribution in [0.15, 0.2) is 29.3 Å². The minimum absolute atomic E-state index is 0. The van der Waals surface area contributed by atoms with E-state index in [1.54, 1.807) is 20.2 Å². The Bertz CT molecular complexity index is 672. The lowest BCUT2D eigenvalue weighted by Gasteiger charge is -2.34. The quantitative estimate of drug-likeness (QED) is 0.316. The predicted molar refractivity (Wildman–Crippen MR) is 123 cm³/mol. The van der Waals surface area contributed by atoms with Gasteiger partial charge in [-0.2, -0.15) is 0 Å². The van der Waals surface area contributed by atoms with Gasteiger partial charge in [-0.15, -0.1) is 24.0 Å². The maximum Gasteiger partial charge on any atom is 0.251 e. The summed E-state index contributed by atoms with van der Waals surface area (Å²) in [5, 5.41) is 8.70. The molecule has 0 aromatic heterocycles. The Morgan fingerprint density at radius 3 is 2.50 bits per heavy atom. The lowest BCUT2D eigenvalue weighted by atomic mass is 9.93. The van der Waals surface area contributed by atoms with Crippen molar-refractivity contribution in [3.8, 4) is 0 Å². The molecule has 1 aromatic rings.